The van der Waals surface area contributed by atoms with Crippen LogP contribution in [-0.4, -0.2) is 40.7 Å². The van der Waals surface area contributed by atoms with Crippen molar-refractivity contribution in [3.63, 3.8) is 0 Å². The van der Waals surface area contributed by atoms with Crippen LogP contribution in [0, 0.1) is 5.41 Å². The summed E-state index contributed by atoms with van der Waals surface area (Å²) in [4.78, 5) is 12.7. The van der Waals surface area contributed by atoms with Gasteiger partial charge in [0, 0.05) is 19.8 Å². The number of hydrogen-bond donors (Lipinski definition) is 2. The Morgan fingerprint density at radius 3 is 2.75 bits per heavy atom. The number of rotatable bonds is 5. The normalized spacial score (nSPS) is 18.1. The number of nitrogens with zero attached hydrogens (tertiary/aromatic N) is 3. The second-order valence-corrected chi connectivity index (χ2v) is 6.22. The quantitative estimate of drug-likeness (QED) is 0.859. The third-order valence-corrected chi connectivity index (χ3v) is 4.65. The zero-order chi connectivity index (χ0) is 17.0. The van der Waals surface area contributed by atoms with Crippen molar-refractivity contribution in [2.75, 3.05) is 19.8 Å². The van der Waals surface area contributed by atoms with Crippen molar-refractivity contribution >= 4 is 5.91 Å². The molecule has 7 heteroatoms. The van der Waals surface area contributed by atoms with Crippen molar-refractivity contribution in [3.8, 4) is 5.69 Å². The van der Waals surface area contributed by atoms with Crippen molar-refractivity contribution in [1.82, 2.24) is 20.3 Å². The SMILES string of the molecule is CC(NC(=O)C1(CN)CCOCC1)c1cn(-c2ccccc2)nn1. The summed E-state index contributed by atoms with van der Waals surface area (Å²) in [7, 11) is 0. The van der Waals surface area contributed by atoms with Crippen molar-refractivity contribution in [2.24, 2.45) is 11.1 Å². The number of nitrogens with two attached hydrogens (primary N) is 1. The fraction of sp³-hybridized carbons (Fsp3) is 0.471. The van der Waals surface area contributed by atoms with Gasteiger partial charge < -0.3 is 15.8 Å². The van der Waals surface area contributed by atoms with Crippen LogP contribution < -0.4 is 11.1 Å². The molecule has 2 aromatic rings. The van der Waals surface area contributed by atoms with Gasteiger partial charge in [0.2, 0.25) is 5.91 Å². The van der Waals surface area contributed by atoms with Crippen LogP contribution in [-0.2, 0) is 9.53 Å². The van der Waals surface area contributed by atoms with Crippen molar-refractivity contribution in [2.45, 2.75) is 25.8 Å². The number of benzene rings is 1. The molecule has 1 aliphatic rings. The lowest BCUT2D eigenvalue weighted by atomic mass is 9.79. The van der Waals surface area contributed by atoms with Gasteiger partial charge in [-0.3, -0.25) is 4.79 Å². The maximum Gasteiger partial charge on any atom is 0.228 e. The highest BCUT2D eigenvalue weighted by Gasteiger charge is 2.39. The molecule has 128 valence electrons. The molecule has 1 saturated heterocycles. The smallest absolute Gasteiger partial charge is 0.228 e. The number of nitrogens with one attached hydrogen (secondary N) is 1. The van der Waals surface area contributed by atoms with Crippen molar-refractivity contribution in [1.29, 1.82) is 0 Å². The molecule has 24 heavy (non-hydrogen) atoms. The Bertz CT molecular complexity index is 679. The summed E-state index contributed by atoms with van der Waals surface area (Å²) >= 11 is 0. The summed E-state index contributed by atoms with van der Waals surface area (Å²) in [5, 5.41) is 11.3. The lowest BCUT2D eigenvalue weighted by molar-refractivity contribution is -0.136. The van der Waals surface area contributed by atoms with Crippen LogP contribution in [0.3, 0.4) is 0 Å². The van der Waals surface area contributed by atoms with Crippen molar-refractivity contribution < 1.29 is 9.53 Å². The van der Waals surface area contributed by atoms with Crippen molar-refractivity contribution in [3.05, 3.63) is 42.2 Å². The van der Waals surface area contributed by atoms with E-state index in [1.165, 1.54) is 0 Å². The van der Waals surface area contributed by atoms with Gasteiger partial charge in [0.15, 0.2) is 0 Å². The van der Waals surface area contributed by atoms with E-state index in [4.69, 9.17) is 10.5 Å². The maximum atomic E-state index is 12.7. The van der Waals surface area contributed by atoms with E-state index >= 15 is 0 Å². The summed E-state index contributed by atoms with van der Waals surface area (Å²) in [6.45, 7) is 3.37. The molecule has 3 N–H and O–H groups in total. The molecule has 1 aromatic carbocycles. The molecule has 1 amide bonds. The highest BCUT2D eigenvalue weighted by atomic mass is 16.5. The van der Waals surface area contributed by atoms with E-state index in [2.05, 4.69) is 15.6 Å². The van der Waals surface area contributed by atoms with E-state index in [-0.39, 0.29) is 11.9 Å². The van der Waals surface area contributed by atoms with Gasteiger partial charge in [0.25, 0.3) is 0 Å². The minimum absolute atomic E-state index is 0.0324. The highest BCUT2D eigenvalue weighted by Crippen LogP contribution is 2.30. The average Bonchev–Trinajstić information content (AvgIpc) is 3.13. The van der Waals surface area contributed by atoms with Gasteiger partial charge in [-0.2, -0.15) is 0 Å². The second kappa shape index (κ2) is 7.11. The number of carbonyl (C=O) groups excluding carboxylic acids is 1. The number of hydrogen-bond acceptors (Lipinski definition) is 5. The molecule has 1 aliphatic heterocycles. The van der Waals surface area contributed by atoms with Gasteiger partial charge in [-0.1, -0.05) is 23.4 Å². The van der Waals surface area contributed by atoms with Crippen LogP contribution in [0.5, 0.6) is 0 Å². The molecule has 1 atom stereocenters. The standard InChI is InChI=1S/C17H23N5O2/c1-13(19-16(23)17(12-18)7-9-24-10-8-17)15-11-22(21-20-15)14-5-3-2-4-6-14/h2-6,11,13H,7-10,12,18H2,1H3,(H,19,23). The molecule has 0 saturated carbocycles. The Labute approximate surface area is 141 Å². The molecule has 0 bridgehead atoms. The van der Waals surface area contributed by atoms with Gasteiger partial charge in [-0.05, 0) is 31.9 Å². The lowest BCUT2D eigenvalue weighted by Gasteiger charge is -2.35. The average molecular weight is 329 g/mol. The molecule has 1 fully saturated rings. The van der Waals surface area contributed by atoms with E-state index < -0.39 is 5.41 Å². The van der Waals surface area contributed by atoms with E-state index in [0.717, 1.165) is 5.69 Å². The van der Waals surface area contributed by atoms with Gasteiger partial charge in [0.1, 0.15) is 5.69 Å². The van der Waals surface area contributed by atoms with Gasteiger partial charge in [0.05, 0.1) is 23.3 Å². The summed E-state index contributed by atoms with van der Waals surface area (Å²) in [5.41, 5.74) is 6.99. The minimum Gasteiger partial charge on any atom is -0.381 e. The third-order valence-electron chi connectivity index (χ3n) is 4.65. The fourth-order valence-corrected chi connectivity index (χ4v) is 2.89. The largest absolute Gasteiger partial charge is 0.381 e. The monoisotopic (exact) mass is 329 g/mol. The number of aromatic nitrogens is 3. The number of para-hydroxylation sites is 1. The Kier molecular flexibility index (Phi) is 4.92. The molecular formula is C17H23N5O2. The van der Waals surface area contributed by atoms with Crippen LogP contribution in [0.2, 0.25) is 0 Å². The topological polar surface area (TPSA) is 95.1 Å². The predicted molar refractivity (Wildman–Crippen MR) is 89.5 cm³/mol. The van der Waals surface area contributed by atoms with E-state index in [1.54, 1.807) is 4.68 Å². The molecule has 0 aliphatic carbocycles. The molecule has 7 nitrogen and oxygen atoms in total. The van der Waals surface area contributed by atoms with Crippen LogP contribution in [0.15, 0.2) is 36.5 Å². The van der Waals surface area contributed by atoms with Crippen LogP contribution in [0.25, 0.3) is 5.69 Å². The number of ether oxygens (including phenoxy) is 1. The Balaban J connectivity index is 1.70. The fourth-order valence-electron chi connectivity index (χ4n) is 2.89. The zero-order valence-electron chi connectivity index (χ0n) is 13.8. The van der Waals surface area contributed by atoms with E-state index in [0.29, 0.717) is 38.3 Å². The third kappa shape index (κ3) is 3.32. The summed E-state index contributed by atoms with van der Waals surface area (Å²) in [5.74, 6) is -0.0324. The summed E-state index contributed by atoms with van der Waals surface area (Å²) in [6, 6.07) is 9.50. The maximum absolute atomic E-state index is 12.7. The van der Waals surface area contributed by atoms with Gasteiger partial charge in [-0.25, -0.2) is 4.68 Å². The van der Waals surface area contributed by atoms with E-state index in [9.17, 15) is 4.79 Å². The van der Waals surface area contributed by atoms with Crippen LogP contribution >= 0.6 is 0 Å². The summed E-state index contributed by atoms with van der Waals surface area (Å²) < 4.78 is 7.06. The highest BCUT2D eigenvalue weighted by molar-refractivity contribution is 5.83. The Morgan fingerprint density at radius 1 is 1.38 bits per heavy atom. The van der Waals surface area contributed by atoms with Crippen LogP contribution in [0.1, 0.15) is 31.5 Å². The summed E-state index contributed by atoms with van der Waals surface area (Å²) in [6.07, 6.45) is 3.14. The number of carbonyl (C=O) groups is 1. The first kappa shape index (κ1) is 16.6. The minimum atomic E-state index is -0.540. The first-order chi connectivity index (χ1) is 11.6. The second-order valence-electron chi connectivity index (χ2n) is 6.22. The first-order valence-electron chi connectivity index (χ1n) is 8.21. The molecule has 0 spiro atoms. The molecule has 2 heterocycles. The van der Waals surface area contributed by atoms with Gasteiger partial charge in [-0.15, -0.1) is 5.10 Å². The first-order valence-corrected chi connectivity index (χ1v) is 8.21. The Morgan fingerprint density at radius 2 is 2.08 bits per heavy atom. The zero-order valence-corrected chi connectivity index (χ0v) is 13.8. The Hall–Kier alpha value is -2.25. The molecule has 1 aromatic heterocycles. The van der Waals surface area contributed by atoms with Crippen LogP contribution in [0.4, 0.5) is 0 Å². The predicted octanol–water partition coefficient (Wildman–Crippen LogP) is 1.20. The molecule has 0 radical (unpaired) electrons. The molecule has 1 unspecified atom stereocenters. The molecule has 3 rings (SSSR count). The lowest BCUT2D eigenvalue weighted by Crippen LogP contribution is -2.49. The van der Waals surface area contributed by atoms with E-state index in [1.807, 2.05) is 43.5 Å². The number of amides is 1. The molecular weight excluding hydrogens is 306 g/mol. The van der Waals surface area contributed by atoms with Gasteiger partial charge >= 0.3 is 0 Å².